The first-order valence-corrected chi connectivity index (χ1v) is 6.37. The predicted molar refractivity (Wildman–Crippen MR) is 78.0 cm³/mol. The summed E-state index contributed by atoms with van der Waals surface area (Å²) in [5, 5.41) is 0.535. The zero-order valence-electron chi connectivity index (χ0n) is 11.3. The van der Waals surface area contributed by atoms with Gasteiger partial charge in [-0.3, -0.25) is 10.8 Å². The van der Waals surface area contributed by atoms with E-state index in [0.29, 0.717) is 22.2 Å². The summed E-state index contributed by atoms with van der Waals surface area (Å²) in [6.07, 6.45) is 1.67. The molecule has 2 rings (SSSR count). The Labute approximate surface area is 122 Å². The number of rotatable bonds is 5. The van der Waals surface area contributed by atoms with Gasteiger partial charge in [0.1, 0.15) is 11.5 Å². The fourth-order valence-electron chi connectivity index (χ4n) is 1.98. The number of nitrogens with one attached hydrogen (secondary N) is 1. The largest absolute Gasteiger partial charge is 0.497 e. The Bertz CT molecular complexity index is 592. The van der Waals surface area contributed by atoms with E-state index < -0.39 is 0 Å². The van der Waals surface area contributed by atoms with Crippen LogP contribution in [0, 0.1) is 0 Å². The molecule has 106 valence electrons. The number of hydrazine groups is 1. The molecule has 1 atom stereocenters. The molecule has 0 saturated carbocycles. The Morgan fingerprint density at radius 1 is 1.25 bits per heavy atom. The van der Waals surface area contributed by atoms with E-state index >= 15 is 0 Å². The molecule has 1 heterocycles. The summed E-state index contributed by atoms with van der Waals surface area (Å²) in [6.45, 7) is 0. The lowest BCUT2D eigenvalue weighted by Crippen LogP contribution is -2.30. The van der Waals surface area contributed by atoms with Gasteiger partial charge in [0, 0.05) is 17.8 Å². The van der Waals surface area contributed by atoms with Gasteiger partial charge in [0.2, 0.25) is 0 Å². The summed E-state index contributed by atoms with van der Waals surface area (Å²) in [7, 11) is 3.19. The third-order valence-corrected chi connectivity index (χ3v) is 3.30. The summed E-state index contributed by atoms with van der Waals surface area (Å²) >= 11 is 6.18. The van der Waals surface area contributed by atoms with Gasteiger partial charge in [-0.25, -0.2) is 5.43 Å². The van der Waals surface area contributed by atoms with Gasteiger partial charge in [0.25, 0.3) is 0 Å². The molecule has 0 fully saturated rings. The first kappa shape index (κ1) is 14.6. The molecule has 20 heavy (non-hydrogen) atoms. The van der Waals surface area contributed by atoms with Crippen molar-refractivity contribution in [3.63, 3.8) is 0 Å². The van der Waals surface area contributed by atoms with Crippen LogP contribution in [0.4, 0.5) is 0 Å². The second kappa shape index (κ2) is 6.56. The predicted octanol–water partition coefficient (Wildman–Crippen LogP) is 2.30. The molecular weight excluding hydrogens is 278 g/mol. The van der Waals surface area contributed by atoms with Crippen molar-refractivity contribution in [1.29, 1.82) is 0 Å². The Hall–Kier alpha value is -1.82. The third-order valence-electron chi connectivity index (χ3n) is 2.98. The molecule has 1 unspecified atom stereocenters. The SMILES string of the molecule is COc1ccc(C(NN)c2ncccc2Cl)c(OC)c1. The van der Waals surface area contributed by atoms with E-state index in [9.17, 15) is 0 Å². The van der Waals surface area contributed by atoms with Crippen molar-refractivity contribution in [2.75, 3.05) is 14.2 Å². The summed E-state index contributed by atoms with van der Waals surface area (Å²) in [4.78, 5) is 4.28. The zero-order chi connectivity index (χ0) is 14.5. The number of methoxy groups -OCH3 is 2. The topological polar surface area (TPSA) is 69.4 Å². The minimum Gasteiger partial charge on any atom is -0.497 e. The van der Waals surface area contributed by atoms with Gasteiger partial charge in [0.05, 0.1) is 31.0 Å². The molecule has 3 N–H and O–H groups in total. The lowest BCUT2D eigenvalue weighted by atomic mass is 10.0. The molecule has 1 aromatic carbocycles. The maximum atomic E-state index is 6.18. The van der Waals surface area contributed by atoms with E-state index in [0.717, 1.165) is 5.56 Å². The first-order valence-electron chi connectivity index (χ1n) is 5.99. The molecule has 0 aliphatic heterocycles. The summed E-state index contributed by atoms with van der Waals surface area (Å²) < 4.78 is 10.6. The fraction of sp³-hybridized carbons (Fsp3) is 0.214. The van der Waals surface area contributed by atoms with Crippen molar-refractivity contribution in [3.05, 3.63) is 52.8 Å². The Morgan fingerprint density at radius 2 is 2.05 bits per heavy atom. The second-order valence-electron chi connectivity index (χ2n) is 4.08. The maximum Gasteiger partial charge on any atom is 0.127 e. The van der Waals surface area contributed by atoms with Gasteiger partial charge in [0.15, 0.2) is 0 Å². The standard InChI is InChI=1S/C14H16ClN3O2/c1-19-9-5-6-10(12(8-9)20-2)13(18-16)14-11(15)4-3-7-17-14/h3-8,13,18H,16H2,1-2H3. The average molecular weight is 294 g/mol. The van der Waals surface area contributed by atoms with Crippen LogP contribution in [0.2, 0.25) is 5.02 Å². The minimum atomic E-state index is -0.371. The molecule has 6 heteroatoms. The van der Waals surface area contributed by atoms with Gasteiger partial charge in [-0.1, -0.05) is 11.6 Å². The summed E-state index contributed by atoms with van der Waals surface area (Å²) in [5.41, 5.74) is 4.19. The molecule has 0 saturated heterocycles. The van der Waals surface area contributed by atoms with E-state index in [4.69, 9.17) is 26.9 Å². The fourth-order valence-corrected chi connectivity index (χ4v) is 2.21. The molecule has 0 aliphatic carbocycles. The van der Waals surface area contributed by atoms with Crippen molar-refractivity contribution in [2.24, 2.45) is 5.84 Å². The lowest BCUT2D eigenvalue weighted by Gasteiger charge is -2.20. The molecule has 0 amide bonds. The molecule has 0 spiro atoms. The lowest BCUT2D eigenvalue weighted by molar-refractivity contribution is 0.387. The highest BCUT2D eigenvalue weighted by atomic mass is 35.5. The van der Waals surface area contributed by atoms with Gasteiger partial charge >= 0.3 is 0 Å². The van der Waals surface area contributed by atoms with E-state index in [1.165, 1.54) is 0 Å². The highest BCUT2D eigenvalue weighted by Gasteiger charge is 2.21. The monoisotopic (exact) mass is 293 g/mol. The number of aromatic nitrogens is 1. The molecule has 1 aromatic heterocycles. The van der Waals surface area contributed by atoms with Crippen LogP contribution in [0.3, 0.4) is 0 Å². The van der Waals surface area contributed by atoms with Gasteiger partial charge in [-0.15, -0.1) is 0 Å². The Balaban J connectivity index is 2.49. The van der Waals surface area contributed by atoms with E-state index in [1.54, 1.807) is 38.6 Å². The maximum absolute atomic E-state index is 6.18. The van der Waals surface area contributed by atoms with Gasteiger partial charge in [-0.05, 0) is 24.3 Å². The van der Waals surface area contributed by atoms with Crippen LogP contribution < -0.4 is 20.7 Å². The smallest absolute Gasteiger partial charge is 0.127 e. The van der Waals surface area contributed by atoms with Crippen LogP contribution in [0.15, 0.2) is 36.5 Å². The normalized spacial score (nSPS) is 12.0. The van der Waals surface area contributed by atoms with Gasteiger partial charge in [-0.2, -0.15) is 0 Å². The Kier molecular flexibility index (Phi) is 4.79. The van der Waals surface area contributed by atoms with Crippen molar-refractivity contribution in [2.45, 2.75) is 6.04 Å². The highest BCUT2D eigenvalue weighted by molar-refractivity contribution is 6.31. The van der Waals surface area contributed by atoms with Crippen LogP contribution >= 0.6 is 11.6 Å². The number of hydrogen-bond acceptors (Lipinski definition) is 5. The van der Waals surface area contributed by atoms with Crippen molar-refractivity contribution >= 4 is 11.6 Å². The first-order chi connectivity index (χ1) is 9.71. The van der Waals surface area contributed by atoms with Crippen LogP contribution in [0.5, 0.6) is 11.5 Å². The number of hydrogen-bond donors (Lipinski definition) is 2. The van der Waals surface area contributed by atoms with Gasteiger partial charge < -0.3 is 9.47 Å². The number of halogens is 1. The third kappa shape index (κ3) is 2.85. The summed E-state index contributed by atoms with van der Waals surface area (Å²) in [5.74, 6) is 7.01. The summed E-state index contributed by atoms with van der Waals surface area (Å²) in [6, 6.07) is 8.65. The van der Waals surface area contributed by atoms with Crippen molar-refractivity contribution < 1.29 is 9.47 Å². The Morgan fingerprint density at radius 3 is 2.65 bits per heavy atom. The molecule has 2 aromatic rings. The second-order valence-corrected chi connectivity index (χ2v) is 4.49. The van der Waals surface area contributed by atoms with Crippen molar-refractivity contribution in [1.82, 2.24) is 10.4 Å². The number of pyridine rings is 1. The van der Waals surface area contributed by atoms with Crippen molar-refractivity contribution in [3.8, 4) is 11.5 Å². The number of benzene rings is 1. The quantitative estimate of drug-likeness (QED) is 0.654. The molecular formula is C14H16ClN3O2. The van der Waals surface area contributed by atoms with E-state index in [1.807, 2.05) is 12.1 Å². The molecule has 0 bridgehead atoms. The van der Waals surface area contributed by atoms with Crippen LogP contribution in [-0.4, -0.2) is 19.2 Å². The average Bonchev–Trinajstić information content (AvgIpc) is 2.50. The number of nitrogens with zero attached hydrogens (tertiary/aromatic N) is 1. The van der Waals surface area contributed by atoms with Crippen LogP contribution in [-0.2, 0) is 0 Å². The zero-order valence-corrected chi connectivity index (χ0v) is 12.0. The molecule has 0 aliphatic rings. The van der Waals surface area contributed by atoms with Crippen LogP contribution in [0.1, 0.15) is 17.3 Å². The minimum absolute atomic E-state index is 0.371. The van der Waals surface area contributed by atoms with Crippen LogP contribution in [0.25, 0.3) is 0 Å². The van der Waals surface area contributed by atoms with E-state index in [2.05, 4.69) is 10.4 Å². The number of nitrogens with two attached hydrogens (primary N) is 1. The highest BCUT2D eigenvalue weighted by Crippen LogP contribution is 2.34. The molecule has 5 nitrogen and oxygen atoms in total. The van der Waals surface area contributed by atoms with E-state index in [-0.39, 0.29) is 6.04 Å². The molecule has 0 radical (unpaired) electrons. The number of ether oxygens (including phenoxy) is 2.